The summed E-state index contributed by atoms with van der Waals surface area (Å²) in [6.07, 6.45) is 6.10. The molecule has 4 atom stereocenters. The number of amides is 2. The zero-order valence-electron chi connectivity index (χ0n) is 14.9. The van der Waals surface area contributed by atoms with Crippen LogP contribution in [0.5, 0.6) is 0 Å². The Kier molecular flexibility index (Phi) is 7.63. The summed E-state index contributed by atoms with van der Waals surface area (Å²) in [4.78, 5) is 14.4. The van der Waals surface area contributed by atoms with E-state index in [1.54, 1.807) is 0 Å². The lowest BCUT2D eigenvalue weighted by atomic mass is 9.87. The average Bonchev–Trinajstić information content (AvgIpc) is 2.49. The molecule has 1 aliphatic carbocycles. The van der Waals surface area contributed by atoms with Crippen LogP contribution in [0.4, 0.5) is 4.79 Å². The minimum Gasteiger partial charge on any atom is -0.393 e. The highest BCUT2D eigenvalue weighted by Gasteiger charge is 2.22. The number of rotatable bonds is 6. The molecule has 1 heterocycles. The van der Waals surface area contributed by atoms with Crippen LogP contribution in [0.25, 0.3) is 0 Å². The van der Waals surface area contributed by atoms with Gasteiger partial charge in [0.05, 0.1) is 6.10 Å². The van der Waals surface area contributed by atoms with Gasteiger partial charge < -0.3 is 20.6 Å². The summed E-state index contributed by atoms with van der Waals surface area (Å²) in [5, 5.41) is 15.6. The first kappa shape index (κ1) is 18.5. The summed E-state index contributed by atoms with van der Waals surface area (Å²) < 4.78 is 0. The minimum absolute atomic E-state index is 0.0644. The van der Waals surface area contributed by atoms with Crippen molar-refractivity contribution in [2.24, 2.45) is 17.8 Å². The summed E-state index contributed by atoms with van der Waals surface area (Å²) >= 11 is 0. The standard InChI is InChI=1S/C18H35N3O2/c1-14-9-15(2)13-21(12-14)8-4-7-19-18(23)20-11-16-5-3-6-17(22)10-16/h14-17,22H,3-13H2,1-2H3,(H2,19,20,23). The van der Waals surface area contributed by atoms with E-state index in [1.165, 1.54) is 19.5 Å². The first-order valence-electron chi connectivity index (χ1n) is 9.45. The third-order valence-electron chi connectivity index (χ3n) is 5.19. The molecule has 0 aromatic heterocycles. The summed E-state index contributed by atoms with van der Waals surface area (Å²) in [5.74, 6) is 2.02. The second-order valence-corrected chi connectivity index (χ2v) is 7.88. The SMILES string of the molecule is CC1CC(C)CN(CCCNC(=O)NCC2CCCC(O)C2)C1. The summed E-state index contributed by atoms with van der Waals surface area (Å²) in [6.45, 7) is 9.54. The zero-order chi connectivity index (χ0) is 16.7. The maximum Gasteiger partial charge on any atom is 0.314 e. The van der Waals surface area contributed by atoms with Gasteiger partial charge in [-0.25, -0.2) is 4.79 Å². The lowest BCUT2D eigenvalue weighted by molar-refractivity contribution is 0.101. The molecule has 2 fully saturated rings. The Balaban J connectivity index is 1.51. The molecule has 134 valence electrons. The molecule has 3 N–H and O–H groups in total. The van der Waals surface area contributed by atoms with E-state index in [0.717, 1.165) is 57.0 Å². The van der Waals surface area contributed by atoms with Crippen LogP contribution >= 0.6 is 0 Å². The number of urea groups is 1. The van der Waals surface area contributed by atoms with Crippen LogP contribution in [0, 0.1) is 17.8 Å². The van der Waals surface area contributed by atoms with Gasteiger partial charge in [-0.3, -0.25) is 0 Å². The van der Waals surface area contributed by atoms with Gasteiger partial charge in [-0.1, -0.05) is 20.3 Å². The van der Waals surface area contributed by atoms with E-state index in [9.17, 15) is 9.90 Å². The molecule has 2 amide bonds. The maximum atomic E-state index is 11.8. The molecule has 0 radical (unpaired) electrons. The van der Waals surface area contributed by atoms with E-state index in [4.69, 9.17) is 0 Å². The van der Waals surface area contributed by atoms with Gasteiger partial charge in [0.15, 0.2) is 0 Å². The van der Waals surface area contributed by atoms with E-state index in [2.05, 4.69) is 29.4 Å². The number of nitrogens with one attached hydrogen (secondary N) is 2. The molecule has 23 heavy (non-hydrogen) atoms. The van der Waals surface area contributed by atoms with Gasteiger partial charge in [0.25, 0.3) is 0 Å². The fraction of sp³-hybridized carbons (Fsp3) is 0.944. The van der Waals surface area contributed by atoms with Crippen LogP contribution in [0.15, 0.2) is 0 Å². The number of carbonyl (C=O) groups excluding carboxylic acids is 1. The molecular formula is C18H35N3O2. The number of aliphatic hydroxyl groups is 1. The number of piperidine rings is 1. The lowest BCUT2D eigenvalue weighted by Gasteiger charge is -2.34. The Hall–Kier alpha value is -0.810. The highest BCUT2D eigenvalue weighted by molar-refractivity contribution is 5.73. The second-order valence-electron chi connectivity index (χ2n) is 7.88. The molecule has 5 nitrogen and oxygen atoms in total. The van der Waals surface area contributed by atoms with E-state index in [0.29, 0.717) is 12.5 Å². The van der Waals surface area contributed by atoms with Crippen molar-refractivity contribution < 1.29 is 9.90 Å². The Bertz CT molecular complexity index is 354. The smallest absolute Gasteiger partial charge is 0.314 e. The summed E-state index contributed by atoms with van der Waals surface area (Å²) in [5.41, 5.74) is 0. The van der Waals surface area contributed by atoms with E-state index >= 15 is 0 Å². The number of aliphatic hydroxyl groups excluding tert-OH is 1. The molecule has 2 rings (SSSR count). The average molecular weight is 325 g/mol. The van der Waals surface area contributed by atoms with Gasteiger partial charge in [-0.05, 0) is 56.4 Å². The molecule has 4 unspecified atom stereocenters. The van der Waals surface area contributed by atoms with Crippen molar-refractivity contribution >= 4 is 6.03 Å². The Morgan fingerprint density at radius 1 is 1.13 bits per heavy atom. The Morgan fingerprint density at radius 2 is 1.87 bits per heavy atom. The van der Waals surface area contributed by atoms with Crippen LogP contribution in [-0.4, -0.2) is 54.9 Å². The van der Waals surface area contributed by atoms with Gasteiger partial charge in [-0.2, -0.15) is 0 Å². The van der Waals surface area contributed by atoms with Gasteiger partial charge in [0.1, 0.15) is 0 Å². The van der Waals surface area contributed by atoms with E-state index in [-0.39, 0.29) is 12.1 Å². The van der Waals surface area contributed by atoms with Crippen molar-refractivity contribution in [3.63, 3.8) is 0 Å². The number of carbonyl (C=O) groups is 1. The highest BCUT2D eigenvalue weighted by Crippen LogP contribution is 2.23. The number of hydrogen-bond donors (Lipinski definition) is 3. The molecule has 1 saturated carbocycles. The fourth-order valence-electron chi connectivity index (χ4n) is 4.23. The lowest BCUT2D eigenvalue weighted by Crippen LogP contribution is -2.42. The fourth-order valence-corrected chi connectivity index (χ4v) is 4.23. The zero-order valence-corrected chi connectivity index (χ0v) is 14.9. The normalized spacial score (nSPS) is 32.5. The van der Waals surface area contributed by atoms with Crippen LogP contribution in [0.3, 0.4) is 0 Å². The van der Waals surface area contributed by atoms with E-state index in [1.807, 2.05) is 0 Å². The molecule has 5 heteroatoms. The summed E-state index contributed by atoms with van der Waals surface area (Å²) in [6, 6.07) is -0.0644. The monoisotopic (exact) mass is 325 g/mol. The third-order valence-corrected chi connectivity index (χ3v) is 5.19. The number of likely N-dealkylation sites (tertiary alicyclic amines) is 1. The predicted molar refractivity (Wildman–Crippen MR) is 93.4 cm³/mol. The molecule has 1 aliphatic heterocycles. The first-order valence-corrected chi connectivity index (χ1v) is 9.45. The van der Waals surface area contributed by atoms with Gasteiger partial charge in [-0.15, -0.1) is 0 Å². The molecular weight excluding hydrogens is 290 g/mol. The largest absolute Gasteiger partial charge is 0.393 e. The molecule has 1 saturated heterocycles. The van der Waals surface area contributed by atoms with Crippen molar-refractivity contribution in [2.75, 3.05) is 32.7 Å². The van der Waals surface area contributed by atoms with E-state index < -0.39 is 0 Å². The Labute approximate surface area is 141 Å². The van der Waals surface area contributed by atoms with Crippen LogP contribution in [0.1, 0.15) is 52.4 Å². The molecule has 0 aromatic carbocycles. The molecule has 2 aliphatic rings. The Morgan fingerprint density at radius 3 is 2.57 bits per heavy atom. The number of hydrogen-bond acceptors (Lipinski definition) is 3. The topological polar surface area (TPSA) is 64.6 Å². The molecule has 0 bridgehead atoms. The van der Waals surface area contributed by atoms with Crippen molar-refractivity contribution in [3.05, 3.63) is 0 Å². The molecule has 0 spiro atoms. The van der Waals surface area contributed by atoms with Crippen LogP contribution < -0.4 is 10.6 Å². The summed E-state index contributed by atoms with van der Waals surface area (Å²) in [7, 11) is 0. The van der Waals surface area contributed by atoms with Crippen LogP contribution in [-0.2, 0) is 0 Å². The van der Waals surface area contributed by atoms with Crippen molar-refractivity contribution in [1.29, 1.82) is 0 Å². The molecule has 0 aromatic rings. The quantitative estimate of drug-likeness (QED) is 0.656. The van der Waals surface area contributed by atoms with Gasteiger partial charge in [0, 0.05) is 26.2 Å². The third kappa shape index (κ3) is 7.08. The van der Waals surface area contributed by atoms with Gasteiger partial charge in [0.2, 0.25) is 0 Å². The first-order chi connectivity index (χ1) is 11.0. The van der Waals surface area contributed by atoms with Crippen molar-refractivity contribution in [1.82, 2.24) is 15.5 Å². The highest BCUT2D eigenvalue weighted by atomic mass is 16.3. The second kappa shape index (κ2) is 9.48. The minimum atomic E-state index is -0.173. The van der Waals surface area contributed by atoms with Crippen molar-refractivity contribution in [2.45, 2.75) is 58.5 Å². The van der Waals surface area contributed by atoms with Crippen LogP contribution in [0.2, 0.25) is 0 Å². The predicted octanol–water partition coefficient (Wildman–Crippen LogP) is 2.20. The number of nitrogens with zero attached hydrogens (tertiary/aromatic N) is 1. The van der Waals surface area contributed by atoms with Gasteiger partial charge >= 0.3 is 6.03 Å². The maximum absolute atomic E-state index is 11.8. The van der Waals surface area contributed by atoms with Crippen molar-refractivity contribution in [3.8, 4) is 0 Å².